The number of halogens is 1. The van der Waals surface area contributed by atoms with Crippen LogP contribution in [0, 0.1) is 5.82 Å². The van der Waals surface area contributed by atoms with E-state index in [0.717, 1.165) is 6.42 Å². The van der Waals surface area contributed by atoms with Crippen molar-refractivity contribution in [2.75, 3.05) is 19.8 Å². The number of ether oxygens (including phenoxy) is 1. The average molecular weight is 302 g/mol. The number of hydrogen-bond donors (Lipinski definition) is 0. The van der Waals surface area contributed by atoms with Gasteiger partial charge in [0.05, 0.1) is 13.2 Å². The molecule has 0 N–H and O–H groups in total. The second-order valence-electron chi connectivity index (χ2n) is 4.58. The van der Waals surface area contributed by atoms with Gasteiger partial charge in [-0.15, -0.1) is 0 Å². The van der Waals surface area contributed by atoms with Gasteiger partial charge < -0.3 is 13.8 Å². The first kappa shape index (κ1) is 15.6. The summed E-state index contributed by atoms with van der Waals surface area (Å²) in [5.41, 5.74) is 0.640. The quantitative estimate of drug-likeness (QED) is 0.743. The van der Waals surface area contributed by atoms with Crippen molar-refractivity contribution in [3.8, 4) is 0 Å². The normalized spacial score (nSPS) is 23.1. The predicted octanol–water partition coefficient (Wildman–Crippen LogP) is 4.06. The molecule has 0 radical (unpaired) electrons. The zero-order valence-corrected chi connectivity index (χ0v) is 12.7. The highest BCUT2D eigenvalue weighted by Crippen LogP contribution is 2.68. The molecule has 0 aliphatic carbocycles. The summed E-state index contributed by atoms with van der Waals surface area (Å²) in [6, 6.07) is 5.85. The van der Waals surface area contributed by atoms with E-state index in [1.807, 2.05) is 0 Å². The van der Waals surface area contributed by atoms with E-state index >= 15 is 0 Å². The molecule has 1 aliphatic heterocycles. The second-order valence-corrected chi connectivity index (χ2v) is 6.81. The van der Waals surface area contributed by atoms with Crippen LogP contribution in [-0.2, 0) is 23.7 Å². The van der Waals surface area contributed by atoms with Gasteiger partial charge in [0.15, 0.2) is 5.34 Å². The highest BCUT2D eigenvalue weighted by atomic mass is 31.2. The Bertz CT molecular complexity index is 472. The summed E-state index contributed by atoms with van der Waals surface area (Å²) in [7, 11) is -3.48. The minimum absolute atomic E-state index is 0.267. The number of rotatable bonds is 6. The molecule has 1 unspecified atom stereocenters. The van der Waals surface area contributed by atoms with Gasteiger partial charge in [-0.1, -0.05) is 12.1 Å². The summed E-state index contributed by atoms with van der Waals surface area (Å²) in [5, 5.41) is -1.12. The Hall–Kier alpha value is -0.740. The van der Waals surface area contributed by atoms with Crippen molar-refractivity contribution in [1.82, 2.24) is 0 Å². The maximum atomic E-state index is 13.2. The van der Waals surface area contributed by atoms with E-state index in [2.05, 4.69) is 0 Å². The van der Waals surface area contributed by atoms with Gasteiger partial charge >= 0.3 is 7.60 Å². The maximum absolute atomic E-state index is 13.2. The average Bonchev–Trinajstić information content (AvgIpc) is 2.91. The van der Waals surface area contributed by atoms with Crippen LogP contribution in [0.1, 0.15) is 32.3 Å². The molecule has 1 aliphatic rings. The zero-order chi connectivity index (χ0) is 14.6. The first-order valence-corrected chi connectivity index (χ1v) is 8.41. The van der Waals surface area contributed by atoms with Gasteiger partial charge in [0.2, 0.25) is 0 Å². The van der Waals surface area contributed by atoms with E-state index in [1.54, 1.807) is 26.0 Å². The zero-order valence-electron chi connectivity index (χ0n) is 11.8. The van der Waals surface area contributed by atoms with Crippen LogP contribution in [0.2, 0.25) is 0 Å². The molecular formula is C14H20FO4P. The van der Waals surface area contributed by atoms with Crippen LogP contribution in [0.25, 0.3) is 0 Å². The molecule has 112 valence electrons. The first-order chi connectivity index (χ1) is 9.58. The smallest absolute Gasteiger partial charge is 0.358 e. The monoisotopic (exact) mass is 302 g/mol. The van der Waals surface area contributed by atoms with Gasteiger partial charge in [0, 0.05) is 6.61 Å². The molecule has 0 aromatic heterocycles. The van der Waals surface area contributed by atoms with Crippen LogP contribution in [0.4, 0.5) is 4.39 Å². The molecule has 6 heteroatoms. The van der Waals surface area contributed by atoms with Crippen molar-refractivity contribution in [2.24, 2.45) is 0 Å². The molecular weight excluding hydrogens is 282 g/mol. The minimum Gasteiger partial charge on any atom is -0.358 e. The van der Waals surface area contributed by atoms with Crippen molar-refractivity contribution in [3.63, 3.8) is 0 Å². The Morgan fingerprint density at radius 2 is 1.85 bits per heavy atom. The molecule has 0 bridgehead atoms. The summed E-state index contributed by atoms with van der Waals surface area (Å²) in [5.74, 6) is -0.343. The Kier molecular flexibility index (Phi) is 4.97. The fourth-order valence-corrected chi connectivity index (χ4v) is 4.84. The first-order valence-electron chi connectivity index (χ1n) is 6.87. The molecule has 0 amide bonds. The van der Waals surface area contributed by atoms with E-state index in [4.69, 9.17) is 13.8 Å². The van der Waals surface area contributed by atoms with E-state index in [1.165, 1.54) is 12.1 Å². The highest BCUT2D eigenvalue weighted by molar-refractivity contribution is 7.55. The molecule has 0 saturated carbocycles. The van der Waals surface area contributed by atoms with Gasteiger partial charge in [-0.25, -0.2) is 4.39 Å². The summed E-state index contributed by atoms with van der Waals surface area (Å²) in [4.78, 5) is 0. The van der Waals surface area contributed by atoms with E-state index in [0.29, 0.717) is 18.6 Å². The summed E-state index contributed by atoms with van der Waals surface area (Å²) in [6.07, 6.45) is 1.30. The highest BCUT2D eigenvalue weighted by Gasteiger charge is 2.55. The molecule has 1 heterocycles. The van der Waals surface area contributed by atoms with E-state index in [9.17, 15) is 8.96 Å². The third-order valence-electron chi connectivity index (χ3n) is 3.34. The van der Waals surface area contributed by atoms with Crippen molar-refractivity contribution in [2.45, 2.75) is 32.0 Å². The van der Waals surface area contributed by atoms with E-state index in [-0.39, 0.29) is 19.0 Å². The molecule has 20 heavy (non-hydrogen) atoms. The van der Waals surface area contributed by atoms with Crippen LogP contribution >= 0.6 is 7.60 Å². The lowest BCUT2D eigenvalue weighted by Crippen LogP contribution is -2.27. The van der Waals surface area contributed by atoms with Gasteiger partial charge in [0.25, 0.3) is 0 Å². The lowest BCUT2D eigenvalue weighted by Gasteiger charge is -2.35. The Morgan fingerprint density at radius 1 is 1.25 bits per heavy atom. The lowest BCUT2D eigenvalue weighted by atomic mass is 10.1. The van der Waals surface area contributed by atoms with Crippen molar-refractivity contribution >= 4 is 7.60 Å². The predicted molar refractivity (Wildman–Crippen MR) is 74.1 cm³/mol. The van der Waals surface area contributed by atoms with Crippen LogP contribution in [0.15, 0.2) is 24.3 Å². The van der Waals surface area contributed by atoms with Gasteiger partial charge in [-0.05, 0) is 44.4 Å². The largest absolute Gasteiger partial charge is 0.366 e. The Labute approximate surface area is 118 Å². The third-order valence-corrected chi connectivity index (χ3v) is 6.03. The SMILES string of the molecule is CCOP(=O)(OCC)C1(c2ccc(F)cc2)CCCO1. The molecule has 1 fully saturated rings. The van der Waals surface area contributed by atoms with Gasteiger partial charge in [-0.3, -0.25) is 4.57 Å². The standard InChI is InChI=1S/C14H20FO4P/c1-3-18-20(16,19-4-2)14(10-5-11-17-14)12-6-8-13(15)9-7-12/h6-9H,3-5,10-11H2,1-2H3. The molecule has 1 atom stereocenters. The van der Waals surface area contributed by atoms with Crippen molar-refractivity contribution in [1.29, 1.82) is 0 Å². The molecule has 0 spiro atoms. The summed E-state index contributed by atoms with van der Waals surface area (Å²) < 4.78 is 43.0. The minimum atomic E-state index is -3.48. The Balaban J connectivity index is 2.47. The fraction of sp³-hybridized carbons (Fsp3) is 0.571. The third kappa shape index (κ3) is 2.68. The summed E-state index contributed by atoms with van der Waals surface area (Å²) in [6.45, 7) is 4.55. The Morgan fingerprint density at radius 3 is 2.30 bits per heavy atom. The fourth-order valence-electron chi connectivity index (χ4n) is 2.52. The van der Waals surface area contributed by atoms with Crippen LogP contribution in [-0.4, -0.2) is 19.8 Å². The van der Waals surface area contributed by atoms with Crippen LogP contribution < -0.4 is 0 Å². The van der Waals surface area contributed by atoms with Crippen molar-refractivity contribution < 1.29 is 22.7 Å². The molecule has 1 aromatic rings. The number of benzene rings is 1. The van der Waals surface area contributed by atoms with Gasteiger partial charge in [-0.2, -0.15) is 0 Å². The number of hydrogen-bond acceptors (Lipinski definition) is 4. The van der Waals surface area contributed by atoms with Crippen LogP contribution in [0.5, 0.6) is 0 Å². The van der Waals surface area contributed by atoms with Crippen LogP contribution in [0.3, 0.4) is 0 Å². The molecule has 4 nitrogen and oxygen atoms in total. The molecule has 2 rings (SSSR count). The summed E-state index contributed by atoms with van der Waals surface area (Å²) >= 11 is 0. The van der Waals surface area contributed by atoms with Crippen molar-refractivity contribution in [3.05, 3.63) is 35.6 Å². The topological polar surface area (TPSA) is 44.8 Å². The second kappa shape index (κ2) is 6.35. The maximum Gasteiger partial charge on any atom is 0.366 e. The molecule has 1 saturated heterocycles. The lowest BCUT2D eigenvalue weighted by molar-refractivity contribution is 0.0320. The molecule has 1 aromatic carbocycles. The van der Waals surface area contributed by atoms with Gasteiger partial charge in [0.1, 0.15) is 5.82 Å². The van der Waals surface area contributed by atoms with E-state index < -0.39 is 12.9 Å².